The van der Waals surface area contributed by atoms with E-state index in [1.807, 2.05) is 60.0 Å². The molecule has 0 unspecified atom stereocenters. The predicted octanol–water partition coefficient (Wildman–Crippen LogP) is 4.63. The Kier molecular flexibility index (Phi) is 9.13. The Morgan fingerprint density at radius 2 is 1.76 bits per heavy atom. The van der Waals surface area contributed by atoms with Gasteiger partial charge in [-0.15, -0.1) is 5.10 Å². The molecular formula is C29H34N6O6. The number of carbonyl (C=O) groups is 2. The molecule has 12 heteroatoms. The van der Waals surface area contributed by atoms with E-state index in [0.717, 1.165) is 28.7 Å². The van der Waals surface area contributed by atoms with Gasteiger partial charge in [-0.1, -0.05) is 55.5 Å². The number of hydrogen-bond donors (Lipinski definition) is 2. The summed E-state index contributed by atoms with van der Waals surface area (Å²) in [5.74, 6) is 0.386. The molecule has 0 saturated carbocycles. The minimum absolute atomic E-state index is 0.0343. The molecule has 0 radical (unpaired) electrons. The molecule has 41 heavy (non-hydrogen) atoms. The molecule has 2 N–H and O–H groups in total. The fraction of sp³-hybridized carbons (Fsp3) is 0.379. The highest BCUT2D eigenvalue weighted by Crippen LogP contribution is 2.31. The Balaban J connectivity index is 1.61. The summed E-state index contributed by atoms with van der Waals surface area (Å²) in [7, 11) is 0. The Labute approximate surface area is 237 Å². The molecule has 216 valence electrons. The number of imidazole rings is 1. The van der Waals surface area contributed by atoms with Crippen molar-refractivity contribution in [2.75, 3.05) is 6.79 Å². The molecule has 0 spiro atoms. The summed E-state index contributed by atoms with van der Waals surface area (Å²) in [6.07, 6.45) is 0.0234. The monoisotopic (exact) mass is 562 g/mol. The van der Waals surface area contributed by atoms with E-state index in [4.69, 9.17) is 14.2 Å². The van der Waals surface area contributed by atoms with Gasteiger partial charge >= 0.3 is 12.1 Å². The van der Waals surface area contributed by atoms with E-state index in [-0.39, 0.29) is 11.8 Å². The molecular weight excluding hydrogens is 528 g/mol. The van der Waals surface area contributed by atoms with E-state index in [9.17, 15) is 14.7 Å². The van der Waals surface area contributed by atoms with Crippen molar-refractivity contribution in [3.05, 3.63) is 71.3 Å². The minimum atomic E-state index is -1.42. The first kappa shape index (κ1) is 29.4. The molecule has 0 saturated heterocycles. The van der Waals surface area contributed by atoms with Gasteiger partial charge in [0.2, 0.25) is 6.79 Å². The van der Waals surface area contributed by atoms with Crippen LogP contribution in [0.3, 0.4) is 0 Å². The van der Waals surface area contributed by atoms with E-state index >= 15 is 0 Å². The average Bonchev–Trinajstić information content (AvgIpc) is 3.58. The third kappa shape index (κ3) is 7.14. The number of esters is 1. The van der Waals surface area contributed by atoms with Gasteiger partial charge in [0.1, 0.15) is 11.4 Å². The summed E-state index contributed by atoms with van der Waals surface area (Å²) >= 11 is 0. The van der Waals surface area contributed by atoms with Crippen LogP contribution in [0.4, 0.5) is 4.79 Å². The molecule has 12 nitrogen and oxygen atoms in total. The maximum absolute atomic E-state index is 13.0. The van der Waals surface area contributed by atoms with E-state index in [1.165, 1.54) is 0 Å². The molecule has 0 aliphatic rings. The summed E-state index contributed by atoms with van der Waals surface area (Å²) in [6, 6.07) is 15.8. The zero-order chi connectivity index (χ0) is 29.6. The van der Waals surface area contributed by atoms with Crippen LogP contribution in [0.5, 0.6) is 0 Å². The van der Waals surface area contributed by atoms with Crippen LogP contribution in [0, 0.1) is 0 Å². The number of carbonyl (C=O) groups excluding carboxylic acids is 2. The zero-order valence-electron chi connectivity index (χ0n) is 23.7. The number of rotatable bonds is 11. The third-order valence-corrected chi connectivity index (χ3v) is 6.12. The van der Waals surface area contributed by atoms with Crippen LogP contribution >= 0.6 is 0 Å². The van der Waals surface area contributed by atoms with Crippen molar-refractivity contribution in [1.82, 2.24) is 30.2 Å². The first-order valence-electron chi connectivity index (χ1n) is 13.3. The van der Waals surface area contributed by atoms with Gasteiger partial charge in [-0.2, -0.15) is 0 Å². The van der Waals surface area contributed by atoms with Gasteiger partial charge < -0.3 is 23.9 Å². The summed E-state index contributed by atoms with van der Waals surface area (Å²) in [6.45, 7) is 8.25. The molecule has 2 heterocycles. The normalized spacial score (nSPS) is 11.5. The number of aromatic amines is 1. The number of nitrogens with one attached hydrogen (secondary N) is 1. The average molecular weight is 563 g/mol. The molecule has 0 aliphatic heterocycles. The maximum atomic E-state index is 13.0. The van der Waals surface area contributed by atoms with Crippen LogP contribution in [0.15, 0.2) is 48.5 Å². The molecule has 0 aliphatic carbocycles. The lowest BCUT2D eigenvalue weighted by molar-refractivity contribution is -0.0353. The SMILES string of the molecule is CCCc1nc(C(=O)OCOC(=O)OC(C)C)c(C(C)(C)O)n1Cc1ccc(-c2ccccc2-c2nnn[nH]2)cc1. The molecule has 0 bridgehead atoms. The highest BCUT2D eigenvalue weighted by Gasteiger charge is 2.33. The Morgan fingerprint density at radius 3 is 2.37 bits per heavy atom. The standard InChI is InChI=1S/C29H34N6O6/c1-6-9-23-30-24(27(36)39-17-40-28(37)41-18(2)3)25(29(4,5)38)35(23)16-19-12-14-20(15-13-19)21-10-7-8-11-22(21)26-31-33-34-32-26/h7-8,10-15,18,38H,6,9,16-17H2,1-5H3,(H,31,32,33,34). The number of H-pyrrole nitrogens is 1. The highest BCUT2D eigenvalue weighted by atomic mass is 16.8. The predicted molar refractivity (Wildman–Crippen MR) is 149 cm³/mol. The Hall–Kier alpha value is -4.58. The van der Waals surface area contributed by atoms with Crippen LogP contribution < -0.4 is 0 Å². The van der Waals surface area contributed by atoms with Crippen molar-refractivity contribution in [1.29, 1.82) is 0 Å². The lowest BCUT2D eigenvalue weighted by atomic mass is 9.98. The van der Waals surface area contributed by atoms with Crippen molar-refractivity contribution in [3.63, 3.8) is 0 Å². The fourth-order valence-corrected chi connectivity index (χ4v) is 4.46. The molecule has 2 aromatic heterocycles. The van der Waals surface area contributed by atoms with Crippen LogP contribution in [0.1, 0.15) is 68.6 Å². The van der Waals surface area contributed by atoms with E-state index < -0.39 is 24.5 Å². The minimum Gasteiger partial charge on any atom is -0.431 e. The van der Waals surface area contributed by atoms with Crippen molar-refractivity contribution >= 4 is 12.1 Å². The van der Waals surface area contributed by atoms with Gasteiger partial charge in [0.05, 0.1) is 11.8 Å². The smallest absolute Gasteiger partial charge is 0.431 e. The van der Waals surface area contributed by atoms with Crippen molar-refractivity contribution < 1.29 is 28.9 Å². The van der Waals surface area contributed by atoms with Gasteiger partial charge in [-0.25, -0.2) is 19.7 Å². The van der Waals surface area contributed by atoms with Gasteiger partial charge in [-0.05, 0) is 61.2 Å². The zero-order valence-corrected chi connectivity index (χ0v) is 23.7. The molecule has 4 aromatic rings. The summed E-state index contributed by atoms with van der Waals surface area (Å²) in [5, 5.41) is 25.3. The Morgan fingerprint density at radius 1 is 1.05 bits per heavy atom. The topological polar surface area (TPSA) is 154 Å². The molecule has 4 rings (SSSR count). The molecule has 2 aromatic carbocycles. The lowest BCUT2D eigenvalue weighted by Gasteiger charge is -2.22. The van der Waals surface area contributed by atoms with Gasteiger partial charge in [0.25, 0.3) is 0 Å². The van der Waals surface area contributed by atoms with Gasteiger partial charge in [0.15, 0.2) is 11.5 Å². The van der Waals surface area contributed by atoms with Crippen LogP contribution in [-0.4, -0.2) is 60.3 Å². The number of ether oxygens (including phenoxy) is 3. The number of tetrazole rings is 1. The summed E-state index contributed by atoms with van der Waals surface area (Å²) in [4.78, 5) is 29.2. The fourth-order valence-electron chi connectivity index (χ4n) is 4.46. The number of aromatic nitrogens is 6. The van der Waals surface area contributed by atoms with Gasteiger partial charge in [0, 0.05) is 18.5 Å². The number of aliphatic hydroxyl groups is 1. The van der Waals surface area contributed by atoms with E-state index in [2.05, 4.69) is 25.6 Å². The largest absolute Gasteiger partial charge is 0.511 e. The summed E-state index contributed by atoms with van der Waals surface area (Å²) < 4.78 is 16.7. The molecule has 0 atom stereocenters. The van der Waals surface area contributed by atoms with Crippen molar-refractivity contribution in [2.45, 2.75) is 65.7 Å². The number of benzene rings is 2. The maximum Gasteiger partial charge on any atom is 0.511 e. The second-order valence-electron chi connectivity index (χ2n) is 10.2. The van der Waals surface area contributed by atoms with Crippen LogP contribution in [0.25, 0.3) is 22.5 Å². The second kappa shape index (κ2) is 12.7. The molecule has 0 amide bonds. The number of nitrogens with zero attached hydrogens (tertiary/aromatic N) is 5. The first-order chi connectivity index (χ1) is 19.6. The number of aryl methyl sites for hydroxylation is 1. The summed E-state index contributed by atoms with van der Waals surface area (Å²) in [5.41, 5.74) is 2.61. The van der Waals surface area contributed by atoms with Crippen molar-refractivity contribution in [3.8, 4) is 22.5 Å². The Bertz CT molecular complexity index is 1470. The third-order valence-electron chi connectivity index (χ3n) is 6.12. The first-order valence-corrected chi connectivity index (χ1v) is 13.3. The van der Waals surface area contributed by atoms with Crippen LogP contribution in [0.2, 0.25) is 0 Å². The number of hydrogen-bond acceptors (Lipinski definition) is 10. The van der Waals surface area contributed by atoms with Crippen LogP contribution in [-0.2, 0) is 32.8 Å². The van der Waals surface area contributed by atoms with E-state index in [1.54, 1.807) is 27.7 Å². The molecule has 0 fully saturated rings. The lowest BCUT2D eigenvalue weighted by Crippen LogP contribution is -2.26. The van der Waals surface area contributed by atoms with E-state index in [0.29, 0.717) is 30.3 Å². The quantitative estimate of drug-likeness (QED) is 0.195. The van der Waals surface area contributed by atoms with Crippen molar-refractivity contribution in [2.24, 2.45) is 0 Å². The second-order valence-corrected chi connectivity index (χ2v) is 10.2. The highest BCUT2D eigenvalue weighted by molar-refractivity contribution is 5.89. The van der Waals surface area contributed by atoms with Gasteiger partial charge in [-0.3, -0.25) is 0 Å².